The van der Waals surface area contributed by atoms with Crippen molar-refractivity contribution in [1.29, 1.82) is 0 Å². The van der Waals surface area contributed by atoms with Gasteiger partial charge in [-0.1, -0.05) is 18.2 Å². The van der Waals surface area contributed by atoms with Crippen molar-refractivity contribution in [2.75, 3.05) is 6.61 Å². The smallest absolute Gasteiger partial charge is 0.323 e. The molecule has 3 rings (SSSR count). The minimum absolute atomic E-state index is 0.139. The lowest BCUT2D eigenvalue weighted by molar-refractivity contribution is 0.104. The number of carbonyl (C=O) groups is 1. The van der Waals surface area contributed by atoms with Crippen molar-refractivity contribution in [2.24, 2.45) is 0 Å². The molecule has 0 bridgehead atoms. The van der Waals surface area contributed by atoms with Crippen LogP contribution in [0.15, 0.2) is 53.3 Å². The minimum atomic E-state index is -0.286. The number of H-pyrrole nitrogens is 2. The average Bonchev–Trinajstić information content (AvgIpc) is 2.93. The molecule has 0 aliphatic rings. The number of rotatable bonds is 5. The lowest BCUT2D eigenvalue weighted by Crippen LogP contribution is -1.99. The number of aromatic amines is 2. The van der Waals surface area contributed by atoms with Crippen LogP contribution in [-0.4, -0.2) is 22.4 Å². The highest BCUT2D eigenvalue weighted by Crippen LogP contribution is 2.20. The van der Waals surface area contributed by atoms with Crippen LogP contribution >= 0.6 is 0 Å². The molecule has 0 aliphatic heterocycles. The summed E-state index contributed by atoms with van der Waals surface area (Å²) in [6.07, 6.45) is 3.24. The third kappa shape index (κ3) is 3.23. The molecule has 0 radical (unpaired) electrons. The van der Waals surface area contributed by atoms with E-state index in [0.717, 1.165) is 11.3 Å². The van der Waals surface area contributed by atoms with Gasteiger partial charge in [0, 0.05) is 11.1 Å². The number of imidazole rings is 1. The van der Waals surface area contributed by atoms with Crippen LogP contribution in [0.25, 0.3) is 17.1 Å². The van der Waals surface area contributed by atoms with Crippen LogP contribution in [0.5, 0.6) is 5.75 Å². The lowest BCUT2D eigenvalue weighted by atomic mass is 10.1. The summed E-state index contributed by atoms with van der Waals surface area (Å²) in [6.45, 7) is 2.48. The lowest BCUT2D eigenvalue weighted by Gasteiger charge is -2.06. The molecule has 2 aromatic carbocycles. The van der Waals surface area contributed by atoms with Crippen molar-refractivity contribution in [3.8, 4) is 5.75 Å². The average molecular weight is 308 g/mol. The van der Waals surface area contributed by atoms with E-state index in [9.17, 15) is 9.59 Å². The van der Waals surface area contributed by atoms with Crippen LogP contribution in [0, 0.1) is 0 Å². The Balaban J connectivity index is 1.86. The van der Waals surface area contributed by atoms with Crippen molar-refractivity contribution in [1.82, 2.24) is 9.97 Å². The predicted molar refractivity (Wildman–Crippen MR) is 89.9 cm³/mol. The molecule has 5 heteroatoms. The van der Waals surface area contributed by atoms with Gasteiger partial charge in [0.1, 0.15) is 5.75 Å². The van der Waals surface area contributed by atoms with Crippen LogP contribution in [-0.2, 0) is 0 Å². The van der Waals surface area contributed by atoms with E-state index in [0.29, 0.717) is 23.2 Å². The first-order valence-corrected chi connectivity index (χ1v) is 7.33. The molecule has 23 heavy (non-hydrogen) atoms. The summed E-state index contributed by atoms with van der Waals surface area (Å²) in [7, 11) is 0. The molecule has 1 aromatic heterocycles. The molecule has 0 atom stereocenters. The number of para-hydroxylation sites is 1. The normalized spacial score (nSPS) is 11.2. The molecule has 0 fully saturated rings. The number of carbonyl (C=O) groups excluding carboxylic acids is 1. The molecule has 0 spiro atoms. The van der Waals surface area contributed by atoms with Gasteiger partial charge in [0.15, 0.2) is 5.78 Å². The van der Waals surface area contributed by atoms with Crippen LogP contribution in [0.3, 0.4) is 0 Å². The molecule has 0 amide bonds. The minimum Gasteiger partial charge on any atom is -0.493 e. The Morgan fingerprint density at radius 3 is 2.74 bits per heavy atom. The molecule has 2 N–H and O–H groups in total. The monoisotopic (exact) mass is 308 g/mol. The fraction of sp³-hybridized carbons (Fsp3) is 0.111. The number of benzene rings is 2. The van der Waals surface area contributed by atoms with Gasteiger partial charge in [-0.3, -0.25) is 4.79 Å². The van der Waals surface area contributed by atoms with Gasteiger partial charge in [0.05, 0.1) is 17.6 Å². The van der Waals surface area contributed by atoms with E-state index >= 15 is 0 Å². The summed E-state index contributed by atoms with van der Waals surface area (Å²) >= 11 is 0. The number of nitrogens with one attached hydrogen (secondary N) is 2. The molecule has 0 unspecified atom stereocenters. The zero-order valence-electron chi connectivity index (χ0n) is 12.6. The van der Waals surface area contributed by atoms with Crippen molar-refractivity contribution < 1.29 is 9.53 Å². The summed E-state index contributed by atoms with van der Waals surface area (Å²) in [4.78, 5) is 28.9. The van der Waals surface area contributed by atoms with Gasteiger partial charge in [-0.2, -0.15) is 0 Å². The van der Waals surface area contributed by atoms with Crippen molar-refractivity contribution in [3.05, 3.63) is 70.2 Å². The topological polar surface area (TPSA) is 75.0 Å². The highest BCUT2D eigenvalue weighted by Gasteiger charge is 2.06. The van der Waals surface area contributed by atoms with Gasteiger partial charge in [0.2, 0.25) is 0 Å². The highest BCUT2D eigenvalue weighted by atomic mass is 16.5. The molecule has 0 saturated carbocycles. The van der Waals surface area contributed by atoms with E-state index in [4.69, 9.17) is 4.74 Å². The zero-order chi connectivity index (χ0) is 16.2. The molecule has 5 nitrogen and oxygen atoms in total. The van der Waals surface area contributed by atoms with Gasteiger partial charge < -0.3 is 14.7 Å². The van der Waals surface area contributed by atoms with E-state index in [2.05, 4.69) is 9.97 Å². The summed E-state index contributed by atoms with van der Waals surface area (Å²) in [5, 5.41) is 0. The Morgan fingerprint density at radius 1 is 1.13 bits per heavy atom. The zero-order valence-corrected chi connectivity index (χ0v) is 12.6. The molecular weight excluding hydrogens is 292 g/mol. The Bertz CT molecular complexity index is 935. The molecular formula is C18H16N2O3. The molecule has 3 aromatic rings. The number of ether oxygens (including phenoxy) is 1. The van der Waals surface area contributed by atoms with Gasteiger partial charge in [-0.15, -0.1) is 0 Å². The van der Waals surface area contributed by atoms with Crippen LogP contribution in [0.2, 0.25) is 0 Å². The number of allylic oxidation sites excluding steroid dienone is 1. The van der Waals surface area contributed by atoms with E-state index in [1.807, 2.05) is 31.2 Å². The van der Waals surface area contributed by atoms with Crippen molar-refractivity contribution >= 4 is 22.9 Å². The van der Waals surface area contributed by atoms with Crippen molar-refractivity contribution in [2.45, 2.75) is 6.92 Å². The molecule has 1 heterocycles. The maximum atomic E-state index is 12.3. The van der Waals surface area contributed by atoms with Crippen molar-refractivity contribution in [3.63, 3.8) is 0 Å². The summed E-state index contributed by atoms with van der Waals surface area (Å²) in [6, 6.07) is 12.6. The SMILES string of the molecule is CCOc1ccccc1C=CC(=O)c1ccc2[nH]c(=O)[nH]c2c1. The fourth-order valence-electron chi connectivity index (χ4n) is 2.35. The second kappa shape index (κ2) is 6.36. The maximum absolute atomic E-state index is 12.3. The maximum Gasteiger partial charge on any atom is 0.323 e. The fourth-order valence-corrected chi connectivity index (χ4v) is 2.35. The third-order valence-corrected chi connectivity index (χ3v) is 3.43. The number of aromatic nitrogens is 2. The summed E-state index contributed by atoms with van der Waals surface area (Å²) in [5.74, 6) is 0.602. The number of fused-ring (bicyclic) bond motifs is 1. The van der Waals surface area contributed by atoms with E-state index in [-0.39, 0.29) is 11.5 Å². The Labute approximate surface area is 132 Å². The van der Waals surface area contributed by atoms with Gasteiger partial charge in [-0.05, 0) is 43.3 Å². The second-order valence-electron chi connectivity index (χ2n) is 5.01. The van der Waals surface area contributed by atoms with Crippen LogP contribution in [0.4, 0.5) is 0 Å². The number of hydrogen-bond acceptors (Lipinski definition) is 3. The number of ketones is 1. The van der Waals surface area contributed by atoms with Gasteiger partial charge in [0.25, 0.3) is 0 Å². The quantitative estimate of drug-likeness (QED) is 0.561. The predicted octanol–water partition coefficient (Wildman–Crippen LogP) is 3.15. The second-order valence-corrected chi connectivity index (χ2v) is 5.01. The largest absolute Gasteiger partial charge is 0.493 e. The molecule has 0 saturated heterocycles. The van der Waals surface area contributed by atoms with E-state index < -0.39 is 0 Å². The Morgan fingerprint density at radius 2 is 1.91 bits per heavy atom. The third-order valence-electron chi connectivity index (χ3n) is 3.43. The van der Waals surface area contributed by atoms with Crippen LogP contribution < -0.4 is 10.4 Å². The molecule has 116 valence electrons. The van der Waals surface area contributed by atoms with E-state index in [1.54, 1.807) is 24.3 Å². The first-order valence-electron chi connectivity index (χ1n) is 7.33. The summed E-state index contributed by atoms with van der Waals surface area (Å²) < 4.78 is 5.53. The van der Waals surface area contributed by atoms with Crippen LogP contribution in [0.1, 0.15) is 22.8 Å². The first-order chi connectivity index (χ1) is 11.2. The summed E-state index contributed by atoms with van der Waals surface area (Å²) in [5.41, 5.74) is 2.36. The Kier molecular flexibility index (Phi) is 4.10. The molecule has 0 aliphatic carbocycles. The Hall–Kier alpha value is -3.08. The van der Waals surface area contributed by atoms with Gasteiger partial charge >= 0.3 is 5.69 Å². The standard InChI is InChI=1S/C18H16N2O3/c1-2-23-17-6-4-3-5-12(17)8-10-16(21)13-7-9-14-15(11-13)20-18(22)19-14/h3-11H,2H2,1H3,(H2,19,20,22). The first kappa shape index (κ1) is 14.8. The van der Waals surface area contributed by atoms with E-state index in [1.165, 1.54) is 6.08 Å². The van der Waals surface area contributed by atoms with Gasteiger partial charge in [-0.25, -0.2) is 4.79 Å². The number of hydrogen-bond donors (Lipinski definition) is 2. The highest BCUT2D eigenvalue weighted by molar-refractivity contribution is 6.08.